The Balaban J connectivity index is 2.16. The molecule has 1 N–H and O–H groups in total. The minimum absolute atomic E-state index is 0.205. The van der Waals surface area contributed by atoms with Crippen molar-refractivity contribution in [3.05, 3.63) is 47.4 Å². The molecule has 0 atom stereocenters. The highest BCUT2D eigenvalue weighted by Crippen LogP contribution is 2.30. The van der Waals surface area contributed by atoms with Crippen LogP contribution in [0.1, 0.15) is 16.8 Å². The average molecular weight is 297 g/mol. The van der Waals surface area contributed by atoms with E-state index in [0.717, 1.165) is 12.1 Å². The number of nitrogens with zero attached hydrogens (tertiary/aromatic N) is 2. The molecule has 0 radical (unpaired) electrons. The fourth-order valence-corrected chi connectivity index (χ4v) is 1.88. The maximum atomic E-state index is 12.6. The van der Waals surface area contributed by atoms with E-state index < -0.39 is 11.7 Å². The molecule has 4 nitrogen and oxygen atoms in total. The van der Waals surface area contributed by atoms with Crippen LogP contribution in [0.5, 0.6) is 5.75 Å². The van der Waals surface area contributed by atoms with Gasteiger partial charge in [0, 0.05) is 6.54 Å². The number of hydrogen-bond donors (Lipinski definition) is 1. The lowest BCUT2D eigenvalue weighted by atomic mass is 10.1. The summed E-state index contributed by atoms with van der Waals surface area (Å²) in [6.07, 6.45) is -2.98. The van der Waals surface area contributed by atoms with E-state index in [0.29, 0.717) is 22.8 Å². The van der Waals surface area contributed by atoms with Gasteiger partial charge in [0.15, 0.2) is 11.6 Å². The zero-order valence-electron chi connectivity index (χ0n) is 11.5. The second kappa shape index (κ2) is 5.99. The van der Waals surface area contributed by atoms with Crippen LogP contribution >= 0.6 is 0 Å². The predicted octanol–water partition coefficient (Wildman–Crippen LogP) is 3.42. The van der Waals surface area contributed by atoms with E-state index in [4.69, 9.17) is 4.74 Å². The lowest BCUT2D eigenvalue weighted by molar-refractivity contribution is -0.137. The number of nitrogens with one attached hydrogen (secondary N) is 1. The number of ether oxygens (including phenoxy) is 1. The van der Waals surface area contributed by atoms with Gasteiger partial charge in [-0.05, 0) is 24.6 Å². The van der Waals surface area contributed by atoms with Crippen LogP contribution in [-0.2, 0) is 12.7 Å². The van der Waals surface area contributed by atoms with Crippen molar-refractivity contribution in [1.29, 1.82) is 0 Å². The van der Waals surface area contributed by atoms with Crippen LogP contribution < -0.4 is 10.1 Å². The summed E-state index contributed by atoms with van der Waals surface area (Å²) in [7, 11) is 1.49. The van der Waals surface area contributed by atoms with Crippen molar-refractivity contribution < 1.29 is 17.9 Å². The number of hydrogen-bond acceptors (Lipinski definition) is 4. The molecule has 2 aromatic rings. The number of aromatic nitrogens is 2. The highest BCUT2D eigenvalue weighted by atomic mass is 19.4. The van der Waals surface area contributed by atoms with E-state index in [1.807, 2.05) is 0 Å². The molecular formula is C14H14F3N3O. The number of aryl methyl sites for hydroxylation is 1. The second-order valence-electron chi connectivity index (χ2n) is 4.39. The number of anilines is 1. The van der Waals surface area contributed by atoms with Crippen LogP contribution in [-0.4, -0.2) is 17.1 Å². The summed E-state index contributed by atoms with van der Waals surface area (Å²) in [4.78, 5) is 8.01. The minimum Gasteiger partial charge on any atom is -0.491 e. The van der Waals surface area contributed by atoms with Crippen molar-refractivity contribution in [3.8, 4) is 5.75 Å². The van der Waals surface area contributed by atoms with Gasteiger partial charge in [0.2, 0.25) is 0 Å². The Morgan fingerprint density at radius 3 is 2.67 bits per heavy atom. The molecule has 21 heavy (non-hydrogen) atoms. The largest absolute Gasteiger partial charge is 0.491 e. The quantitative estimate of drug-likeness (QED) is 0.939. The SMILES string of the molecule is COc1c(C)ncnc1NCc1cccc(C(F)(F)F)c1. The van der Waals surface area contributed by atoms with E-state index in [2.05, 4.69) is 15.3 Å². The normalized spacial score (nSPS) is 11.3. The van der Waals surface area contributed by atoms with Gasteiger partial charge in [-0.1, -0.05) is 12.1 Å². The molecule has 0 saturated heterocycles. The van der Waals surface area contributed by atoms with Gasteiger partial charge in [-0.15, -0.1) is 0 Å². The summed E-state index contributed by atoms with van der Waals surface area (Å²) in [5.74, 6) is 0.923. The molecule has 0 fully saturated rings. The van der Waals surface area contributed by atoms with Crippen molar-refractivity contribution in [1.82, 2.24) is 9.97 Å². The molecule has 0 spiro atoms. The van der Waals surface area contributed by atoms with Gasteiger partial charge in [0.05, 0.1) is 18.4 Å². The van der Waals surface area contributed by atoms with E-state index in [-0.39, 0.29) is 6.54 Å². The topological polar surface area (TPSA) is 47.0 Å². The monoisotopic (exact) mass is 297 g/mol. The molecular weight excluding hydrogens is 283 g/mol. The number of methoxy groups -OCH3 is 1. The van der Waals surface area contributed by atoms with Gasteiger partial charge in [-0.25, -0.2) is 9.97 Å². The molecule has 1 heterocycles. The second-order valence-corrected chi connectivity index (χ2v) is 4.39. The third kappa shape index (κ3) is 3.62. The number of rotatable bonds is 4. The van der Waals surface area contributed by atoms with Crippen molar-refractivity contribution in [2.24, 2.45) is 0 Å². The first-order chi connectivity index (χ1) is 9.91. The van der Waals surface area contributed by atoms with Crippen LogP contribution in [0, 0.1) is 6.92 Å². The van der Waals surface area contributed by atoms with Gasteiger partial charge >= 0.3 is 6.18 Å². The molecule has 7 heteroatoms. The lowest BCUT2D eigenvalue weighted by Crippen LogP contribution is -2.08. The summed E-state index contributed by atoms with van der Waals surface area (Å²) in [6, 6.07) is 5.14. The Morgan fingerprint density at radius 2 is 2.00 bits per heavy atom. The maximum absolute atomic E-state index is 12.6. The molecule has 1 aromatic carbocycles. The lowest BCUT2D eigenvalue weighted by Gasteiger charge is -2.12. The van der Waals surface area contributed by atoms with Gasteiger partial charge in [-0.2, -0.15) is 13.2 Å². The zero-order valence-corrected chi connectivity index (χ0v) is 11.5. The van der Waals surface area contributed by atoms with Crippen molar-refractivity contribution >= 4 is 5.82 Å². The van der Waals surface area contributed by atoms with Crippen LogP contribution in [0.4, 0.5) is 19.0 Å². The molecule has 1 aromatic heterocycles. The highest BCUT2D eigenvalue weighted by molar-refractivity contribution is 5.52. The van der Waals surface area contributed by atoms with Gasteiger partial charge in [0.25, 0.3) is 0 Å². The first-order valence-corrected chi connectivity index (χ1v) is 6.17. The highest BCUT2D eigenvalue weighted by Gasteiger charge is 2.30. The van der Waals surface area contributed by atoms with Crippen molar-refractivity contribution in [3.63, 3.8) is 0 Å². The van der Waals surface area contributed by atoms with E-state index in [1.165, 1.54) is 19.5 Å². The third-order valence-corrected chi connectivity index (χ3v) is 2.90. The van der Waals surface area contributed by atoms with Crippen LogP contribution in [0.15, 0.2) is 30.6 Å². The summed E-state index contributed by atoms with van der Waals surface area (Å²) in [6.45, 7) is 1.96. The fraction of sp³-hybridized carbons (Fsp3) is 0.286. The maximum Gasteiger partial charge on any atom is 0.416 e. The molecule has 0 aliphatic rings. The molecule has 0 bridgehead atoms. The van der Waals surface area contributed by atoms with Crippen molar-refractivity contribution in [2.75, 3.05) is 12.4 Å². The Labute approximate surface area is 120 Å². The molecule has 0 aliphatic heterocycles. The molecule has 0 aliphatic carbocycles. The molecule has 2 rings (SSSR count). The number of alkyl halides is 3. The smallest absolute Gasteiger partial charge is 0.416 e. The fourth-order valence-electron chi connectivity index (χ4n) is 1.88. The Bertz CT molecular complexity index is 629. The van der Waals surface area contributed by atoms with Crippen molar-refractivity contribution in [2.45, 2.75) is 19.6 Å². The number of benzene rings is 1. The summed E-state index contributed by atoms with van der Waals surface area (Å²) in [5, 5.41) is 2.96. The molecule has 112 valence electrons. The summed E-state index contributed by atoms with van der Waals surface area (Å²) >= 11 is 0. The minimum atomic E-state index is -4.35. The third-order valence-electron chi connectivity index (χ3n) is 2.90. The molecule has 0 unspecified atom stereocenters. The predicted molar refractivity (Wildman–Crippen MR) is 72.1 cm³/mol. The molecule has 0 amide bonds. The zero-order chi connectivity index (χ0) is 15.5. The van der Waals surface area contributed by atoms with Crippen LogP contribution in [0.25, 0.3) is 0 Å². The summed E-state index contributed by atoms with van der Waals surface area (Å²) in [5.41, 5.74) is 0.481. The van der Waals surface area contributed by atoms with E-state index in [1.54, 1.807) is 13.0 Å². The Kier molecular flexibility index (Phi) is 4.30. The average Bonchev–Trinajstić information content (AvgIpc) is 2.44. The Morgan fingerprint density at radius 1 is 1.24 bits per heavy atom. The van der Waals surface area contributed by atoms with E-state index >= 15 is 0 Å². The first-order valence-electron chi connectivity index (χ1n) is 6.17. The van der Waals surface area contributed by atoms with Crippen LogP contribution in [0.2, 0.25) is 0 Å². The van der Waals surface area contributed by atoms with Gasteiger partial charge < -0.3 is 10.1 Å². The summed E-state index contributed by atoms with van der Waals surface area (Å²) < 4.78 is 43.1. The Hall–Kier alpha value is -2.31. The first kappa shape index (κ1) is 15.1. The van der Waals surface area contributed by atoms with Gasteiger partial charge in [-0.3, -0.25) is 0 Å². The van der Waals surface area contributed by atoms with Crippen LogP contribution in [0.3, 0.4) is 0 Å². The standard InChI is InChI=1S/C14H14F3N3O/c1-9-12(21-2)13(20-8-19-9)18-7-10-4-3-5-11(6-10)14(15,16)17/h3-6,8H,7H2,1-2H3,(H,18,19,20). The number of halogens is 3. The molecule has 0 saturated carbocycles. The van der Waals surface area contributed by atoms with Gasteiger partial charge in [0.1, 0.15) is 6.33 Å². The van der Waals surface area contributed by atoms with E-state index in [9.17, 15) is 13.2 Å².